The van der Waals surface area contributed by atoms with Gasteiger partial charge in [0.15, 0.2) is 0 Å². The average molecular weight is 277 g/mol. The largest absolute Gasteiger partial charge is 0.475 e. The Kier molecular flexibility index (Phi) is 4.87. The molecule has 1 unspecified atom stereocenters. The molecule has 0 bridgehead atoms. The van der Waals surface area contributed by atoms with E-state index in [1.54, 1.807) is 17.5 Å². The molecule has 0 saturated carbocycles. The summed E-state index contributed by atoms with van der Waals surface area (Å²) in [5, 5.41) is 3.47. The van der Waals surface area contributed by atoms with Crippen molar-refractivity contribution in [3.05, 3.63) is 40.5 Å². The first-order chi connectivity index (χ1) is 9.16. The molecule has 4 nitrogen and oxygen atoms in total. The molecule has 2 aromatic rings. The van der Waals surface area contributed by atoms with Crippen LogP contribution in [0.15, 0.2) is 30.0 Å². The molecule has 0 amide bonds. The molecule has 0 radical (unpaired) electrons. The third kappa shape index (κ3) is 4.01. The highest BCUT2D eigenvalue weighted by molar-refractivity contribution is 7.09. The summed E-state index contributed by atoms with van der Waals surface area (Å²) in [5.41, 5.74) is 2.93. The highest BCUT2D eigenvalue weighted by atomic mass is 32.1. The van der Waals surface area contributed by atoms with Gasteiger partial charge in [-0.3, -0.25) is 4.98 Å². The van der Waals surface area contributed by atoms with Gasteiger partial charge in [-0.15, -0.1) is 11.3 Å². The lowest BCUT2D eigenvalue weighted by atomic mass is 10.2. The summed E-state index contributed by atoms with van der Waals surface area (Å²) in [6, 6.07) is 4.25. The first-order valence-electron chi connectivity index (χ1n) is 6.39. The van der Waals surface area contributed by atoms with Crippen LogP contribution in [0.5, 0.6) is 5.88 Å². The van der Waals surface area contributed by atoms with Gasteiger partial charge in [-0.1, -0.05) is 6.07 Å². The van der Waals surface area contributed by atoms with E-state index in [1.807, 2.05) is 37.7 Å². The van der Waals surface area contributed by atoms with Gasteiger partial charge in [0.05, 0.1) is 11.6 Å². The number of thiazole rings is 1. The van der Waals surface area contributed by atoms with Crippen molar-refractivity contribution >= 4 is 11.3 Å². The van der Waals surface area contributed by atoms with Crippen molar-refractivity contribution in [3.8, 4) is 5.88 Å². The van der Waals surface area contributed by atoms with Gasteiger partial charge in [0.2, 0.25) is 5.88 Å². The molecule has 0 aliphatic heterocycles. The summed E-state index contributed by atoms with van der Waals surface area (Å²) < 4.78 is 5.71. The van der Waals surface area contributed by atoms with Crippen LogP contribution in [-0.2, 0) is 6.54 Å². The zero-order valence-corrected chi connectivity index (χ0v) is 12.3. The number of ether oxygens (including phenoxy) is 1. The van der Waals surface area contributed by atoms with Crippen LogP contribution in [0.3, 0.4) is 0 Å². The fourth-order valence-corrected chi connectivity index (χ4v) is 2.34. The average Bonchev–Trinajstić information content (AvgIpc) is 2.90. The fraction of sp³-hybridized carbons (Fsp3) is 0.429. The Hall–Kier alpha value is -1.46. The number of hydrogen-bond donors (Lipinski definition) is 1. The van der Waals surface area contributed by atoms with Gasteiger partial charge in [0.1, 0.15) is 0 Å². The molecule has 19 heavy (non-hydrogen) atoms. The molecule has 0 aliphatic rings. The number of nitrogens with one attached hydrogen (secondary N) is 1. The van der Waals surface area contributed by atoms with Crippen LogP contribution in [0, 0.1) is 0 Å². The molecular weight excluding hydrogens is 258 g/mol. The van der Waals surface area contributed by atoms with Crippen molar-refractivity contribution < 1.29 is 4.74 Å². The molecule has 1 atom stereocenters. The first-order valence-corrected chi connectivity index (χ1v) is 7.27. The van der Waals surface area contributed by atoms with E-state index < -0.39 is 0 Å². The van der Waals surface area contributed by atoms with E-state index in [9.17, 15) is 0 Å². The lowest BCUT2D eigenvalue weighted by molar-refractivity contribution is 0.229. The second-order valence-electron chi connectivity index (χ2n) is 4.64. The molecule has 5 heteroatoms. The number of aromatic nitrogens is 2. The van der Waals surface area contributed by atoms with E-state index in [0.717, 1.165) is 12.1 Å². The highest BCUT2D eigenvalue weighted by Gasteiger charge is 2.10. The summed E-state index contributed by atoms with van der Waals surface area (Å²) in [6.45, 7) is 6.87. The summed E-state index contributed by atoms with van der Waals surface area (Å²) in [7, 11) is 0. The Morgan fingerprint density at radius 2 is 2.21 bits per heavy atom. The Balaban J connectivity index is 1.99. The van der Waals surface area contributed by atoms with Gasteiger partial charge in [-0.2, -0.15) is 0 Å². The molecule has 2 heterocycles. The van der Waals surface area contributed by atoms with E-state index in [1.165, 1.54) is 4.88 Å². The van der Waals surface area contributed by atoms with Crippen molar-refractivity contribution in [2.45, 2.75) is 39.5 Å². The maximum absolute atomic E-state index is 5.71. The van der Waals surface area contributed by atoms with Crippen LogP contribution in [0.25, 0.3) is 0 Å². The minimum Gasteiger partial charge on any atom is -0.475 e. The molecular formula is C14H19N3OS. The monoisotopic (exact) mass is 277 g/mol. The molecule has 2 aromatic heterocycles. The van der Waals surface area contributed by atoms with Gasteiger partial charge in [0.25, 0.3) is 0 Å². The molecule has 0 saturated heterocycles. The van der Waals surface area contributed by atoms with Crippen molar-refractivity contribution in [1.82, 2.24) is 15.3 Å². The van der Waals surface area contributed by atoms with Crippen LogP contribution in [0.1, 0.15) is 37.3 Å². The van der Waals surface area contributed by atoms with E-state index in [-0.39, 0.29) is 12.1 Å². The minimum atomic E-state index is 0.132. The summed E-state index contributed by atoms with van der Waals surface area (Å²) >= 11 is 1.66. The summed E-state index contributed by atoms with van der Waals surface area (Å²) in [4.78, 5) is 9.62. The third-order valence-electron chi connectivity index (χ3n) is 2.67. The molecule has 0 aromatic carbocycles. The Morgan fingerprint density at radius 3 is 2.89 bits per heavy atom. The van der Waals surface area contributed by atoms with Gasteiger partial charge in [-0.05, 0) is 26.8 Å². The zero-order valence-electron chi connectivity index (χ0n) is 11.5. The number of rotatable bonds is 6. The number of hydrogen-bond acceptors (Lipinski definition) is 5. The molecule has 0 fully saturated rings. The van der Waals surface area contributed by atoms with Crippen molar-refractivity contribution in [2.75, 3.05) is 0 Å². The summed E-state index contributed by atoms with van der Waals surface area (Å²) in [5.74, 6) is 0.710. The van der Waals surface area contributed by atoms with Crippen LogP contribution in [-0.4, -0.2) is 16.1 Å². The lowest BCUT2D eigenvalue weighted by Gasteiger charge is -2.15. The van der Waals surface area contributed by atoms with Gasteiger partial charge in [-0.25, -0.2) is 4.98 Å². The predicted molar refractivity (Wildman–Crippen MR) is 77.4 cm³/mol. The van der Waals surface area contributed by atoms with Crippen LogP contribution in [0.4, 0.5) is 0 Å². The van der Waals surface area contributed by atoms with E-state index in [4.69, 9.17) is 4.74 Å². The van der Waals surface area contributed by atoms with Crippen molar-refractivity contribution in [2.24, 2.45) is 0 Å². The normalized spacial score (nSPS) is 12.6. The molecule has 1 N–H and O–H groups in total. The van der Waals surface area contributed by atoms with Gasteiger partial charge in [0, 0.05) is 35.4 Å². The maximum atomic E-state index is 5.71. The second kappa shape index (κ2) is 6.63. The Morgan fingerprint density at radius 1 is 1.37 bits per heavy atom. The number of nitrogens with zero attached hydrogens (tertiary/aromatic N) is 2. The van der Waals surface area contributed by atoms with Gasteiger partial charge >= 0.3 is 0 Å². The Labute approximate surface area is 117 Å². The molecule has 0 spiro atoms. The SMILES string of the molecule is CC(C)Oc1ncccc1CNC(C)c1cncs1. The zero-order chi connectivity index (χ0) is 13.7. The maximum Gasteiger partial charge on any atom is 0.218 e. The van der Waals surface area contributed by atoms with Crippen LogP contribution in [0.2, 0.25) is 0 Å². The highest BCUT2D eigenvalue weighted by Crippen LogP contribution is 2.19. The third-order valence-corrected chi connectivity index (χ3v) is 3.63. The van der Waals surface area contributed by atoms with Crippen molar-refractivity contribution in [1.29, 1.82) is 0 Å². The summed E-state index contributed by atoms with van der Waals surface area (Å²) in [6.07, 6.45) is 3.79. The molecule has 102 valence electrons. The van der Waals surface area contributed by atoms with Crippen molar-refractivity contribution in [3.63, 3.8) is 0 Å². The first kappa shape index (κ1) is 14.0. The quantitative estimate of drug-likeness (QED) is 0.881. The fourth-order valence-electron chi connectivity index (χ4n) is 1.69. The van der Waals surface area contributed by atoms with E-state index >= 15 is 0 Å². The van der Waals surface area contributed by atoms with Crippen LogP contribution >= 0.6 is 11.3 Å². The Bertz CT molecular complexity index is 499. The van der Waals surface area contributed by atoms with Gasteiger partial charge < -0.3 is 10.1 Å². The van der Waals surface area contributed by atoms with Crippen LogP contribution < -0.4 is 10.1 Å². The molecule has 2 rings (SSSR count). The second-order valence-corrected chi connectivity index (χ2v) is 5.56. The van der Waals surface area contributed by atoms with E-state index in [0.29, 0.717) is 5.88 Å². The smallest absolute Gasteiger partial charge is 0.218 e. The molecule has 0 aliphatic carbocycles. The lowest BCUT2D eigenvalue weighted by Crippen LogP contribution is -2.19. The number of pyridine rings is 1. The van der Waals surface area contributed by atoms with E-state index in [2.05, 4.69) is 22.2 Å². The topological polar surface area (TPSA) is 47.0 Å². The predicted octanol–water partition coefficient (Wildman–Crippen LogP) is 3.18. The standard InChI is InChI=1S/C14H19N3OS/c1-10(2)18-14-12(5-4-6-16-14)7-17-11(3)13-8-15-9-19-13/h4-6,8-11,17H,7H2,1-3H3. The minimum absolute atomic E-state index is 0.132.